The van der Waals surface area contributed by atoms with Crippen molar-refractivity contribution < 1.29 is 4.79 Å². The van der Waals surface area contributed by atoms with Crippen molar-refractivity contribution >= 4 is 33.2 Å². The Morgan fingerprint density at radius 2 is 2.05 bits per heavy atom. The number of carbonyl (C=O) groups is 1. The van der Waals surface area contributed by atoms with Gasteiger partial charge in [-0.25, -0.2) is 4.98 Å². The Hall–Kier alpha value is -1.20. The van der Waals surface area contributed by atoms with Gasteiger partial charge in [0.05, 0.1) is 11.6 Å². The third-order valence-corrected chi connectivity index (χ3v) is 4.31. The van der Waals surface area contributed by atoms with Gasteiger partial charge in [-0.2, -0.15) is 0 Å². The topological polar surface area (TPSA) is 33.2 Å². The first-order chi connectivity index (χ1) is 9.10. The summed E-state index contributed by atoms with van der Waals surface area (Å²) in [5.74, 6) is 0.0344. The summed E-state index contributed by atoms with van der Waals surface area (Å²) in [6, 6.07) is 7.67. The van der Waals surface area contributed by atoms with Gasteiger partial charge in [0.2, 0.25) is 0 Å². The largest absolute Gasteiger partial charge is 0.337 e. The lowest BCUT2D eigenvalue weighted by Gasteiger charge is -2.16. The van der Waals surface area contributed by atoms with Crippen molar-refractivity contribution in [3.8, 4) is 0 Å². The first kappa shape index (κ1) is 14.2. The van der Waals surface area contributed by atoms with Gasteiger partial charge in [0, 0.05) is 29.0 Å². The summed E-state index contributed by atoms with van der Waals surface area (Å²) in [6.07, 6.45) is 1.83. The van der Waals surface area contributed by atoms with E-state index in [1.165, 1.54) is 0 Å². The number of nitrogens with zero attached hydrogens (tertiary/aromatic N) is 2. The molecule has 0 unspecified atom stereocenters. The lowest BCUT2D eigenvalue weighted by molar-refractivity contribution is 0.0786. The number of aryl methyl sites for hydroxylation is 1. The second-order valence-corrected chi connectivity index (χ2v) is 6.22. The van der Waals surface area contributed by atoms with E-state index in [9.17, 15) is 4.79 Å². The minimum Gasteiger partial charge on any atom is -0.337 e. The molecule has 1 heterocycles. The van der Waals surface area contributed by atoms with Crippen molar-refractivity contribution in [3.63, 3.8) is 0 Å². The summed E-state index contributed by atoms with van der Waals surface area (Å²) in [7, 11) is 1.82. The highest BCUT2D eigenvalue weighted by molar-refractivity contribution is 9.08. The summed E-state index contributed by atoms with van der Waals surface area (Å²) in [5, 5.41) is 1.83. The molecule has 0 spiro atoms. The zero-order valence-electron chi connectivity index (χ0n) is 10.9. The van der Waals surface area contributed by atoms with E-state index in [2.05, 4.69) is 20.9 Å². The lowest BCUT2D eigenvalue weighted by Crippen LogP contribution is -2.25. The zero-order valence-corrected chi connectivity index (χ0v) is 13.3. The van der Waals surface area contributed by atoms with Crippen molar-refractivity contribution in [1.29, 1.82) is 0 Å². The molecule has 1 aromatic carbocycles. The zero-order chi connectivity index (χ0) is 13.8. The molecule has 0 saturated heterocycles. The summed E-state index contributed by atoms with van der Waals surface area (Å²) < 4.78 is 0. The molecular weight excluding hydrogens is 324 g/mol. The van der Waals surface area contributed by atoms with E-state index in [-0.39, 0.29) is 5.91 Å². The number of benzene rings is 1. The van der Waals surface area contributed by atoms with Gasteiger partial charge < -0.3 is 4.90 Å². The molecule has 100 valence electrons. The minimum absolute atomic E-state index is 0.0344. The molecule has 0 aliphatic heterocycles. The average Bonchev–Trinajstić information content (AvgIpc) is 2.83. The molecule has 19 heavy (non-hydrogen) atoms. The van der Waals surface area contributed by atoms with Crippen LogP contribution in [0.3, 0.4) is 0 Å². The molecule has 0 atom stereocenters. The number of halogens is 1. The molecule has 0 N–H and O–H groups in total. The fourth-order valence-corrected chi connectivity index (χ4v) is 2.96. The van der Waals surface area contributed by atoms with E-state index in [1.54, 1.807) is 16.2 Å². The van der Waals surface area contributed by atoms with Crippen LogP contribution in [0.4, 0.5) is 0 Å². The smallest absolute Gasteiger partial charge is 0.253 e. The van der Waals surface area contributed by atoms with E-state index in [1.807, 2.05) is 44.4 Å². The molecule has 1 aromatic heterocycles. The lowest BCUT2D eigenvalue weighted by atomic mass is 10.1. The molecule has 0 bridgehead atoms. The molecule has 1 amide bonds. The minimum atomic E-state index is 0.0344. The van der Waals surface area contributed by atoms with Crippen molar-refractivity contribution in [2.24, 2.45) is 0 Å². The molecule has 0 aliphatic rings. The van der Waals surface area contributed by atoms with Gasteiger partial charge in [0.25, 0.3) is 5.91 Å². The van der Waals surface area contributed by atoms with E-state index < -0.39 is 0 Å². The number of alkyl halides is 1. The Bertz CT molecular complexity index is 565. The van der Waals surface area contributed by atoms with Gasteiger partial charge in [-0.15, -0.1) is 11.3 Å². The fraction of sp³-hybridized carbons (Fsp3) is 0.286. The van der Waals surface area contributed by atoms with Crippen LogP contribution in [0.15, 0.2) is 30.5 Å². The van der Waals surface area contributed by atoms with Crippen molar-refractivity contribution in [1.82, 2.24) is 9.88 Å². The van der Waals surface area contributed by atoms with Gasteiger partial charge in [0.15, 0.2) is 0 Å². The summed E-state index contributed by atoms with van der Waals surface area (Å²) in [6.45, 7) is 2.57. The fourth-order valence-electron chi connectivity index (χ4n) is 1.74. The number of amides is 1. The molecule has 3 nitrogen and oxygen atoms in total. The van der Waals surface area contributed by atoms with Crippen LogP contribution in [-0.4, -0.2) is 22.8 Å². The highest BCUT2D eigenvalue weighted by Gasteiger charge is 2.12. The van der Waals surface area contributed by atoms with Gasteiger partial charge in [-0.3, -0.25) is 4.79 Å². The first-order valence-corrected chi connectivity index (χ1v) is 7.85. The van der Waals surface area contributed by atoms with E-state index >= 15 is 0 Å². The van der Waals surface area contributed by atoms with Crippen LogP contribution in [0.1, 0.15) is 25.8 Å². The van der Waals surface area contributed by atoms with Gasteiger partial charge in [0.1, 0.15) is 0 Å². The number of thiazole rings is 1. The predicted molar refractivity (Wildman–Crippen MR) is 81.7 cm³/mol. The number of rotatable bonds is 4. The highest BCUT2D eigenvalue weighted by atomic mass is 79.9. The Balaban J connectivity index is 2.05. The number of aromatic nitrogens is 1. The maximum absolute atomic E-state index is 12.3. The maximum Gasteiger partial charge on any atom is 0.253 e. The van der Waals surface area contributed by atoms with Gasteiger partial charge in [-0.1, -0.05) is 28.1 Å². The molecule has 0 fully saturated rings. The normalized spacial score (nSPS) is 10.5. The van der Waals surface area contributed by atoms with Crippen molar-refractivity contribution in [2.75, 3.05) is 7.05 Å². The first-order valence-electron chi connectivity index (χ1n) is 5.92. The number of carbonyl (C=O) groups excluding carboxylic acids is 1. The monoisotopic (exact) mass is 338 g/mol. The quantitative estimate of drug-likeness (QED) is 0.797. The van der Waals surface area contributed by atoms with Crippen LogP contribution in [-0.2, 0) is 11.9 Å². The van der Waals surface area contributed by atoms with Crippen LogP contribution >= 0.6 is 27.3 Å². The molecule has 2 rings (SSSR count). The maximum atomic E-state index is 12.3. The van der Waals surface area contributed by atoms with E-state index in [4.69, 9.17) is 0 Å². The molecule has 0 radical (unpaired) electrons. The van der Waals surface area contributed by atoms with Crippen LogP contribution in [0.25, 0.3) is 0 Å². The molecule has 0 saturated carbocycles. The van der Waals surface area contributed by atoms with Crippen molar-refractivity contribution in [3.05, 3.63) is 51.5 Å². The number of hydrogen-bond acceptors (Lipinski definition) is 3. The molecular formula is C14H15BrN2OS. The SMILES string of the molecule is Cc1ncc(CN(C)C(=O)c2ccc(CBr)cc2)s1. The number of hydrogen-bond donors (Lipinski definition) is 0. The van der Waals surface area contributed by atoms with E-state index in [0.29, 0.717) is 12.1 Å². The predicted octanol–water partition coefficient (Wildman–Crippen LogP) is 3.62. The second-order valence-electron chi connectivity index (χ2n) is 4.34. The van der Waals surface area contributed by atoms with E-state index in [0.717, 1.165) is 20.8 Å². The Kier molecular flexibility index (Phi) is 4.71. The Labute approximate surface area is 125 Å². The third-order valence-electron chi connectivity index (χ3n) is 2.76. The average molecular weight is 339 g/mol. The summed E-state index contributed by atoms with van der Waals surface area (Å²) in [5.41, 5.74) is 1.88. The Morgan fingerprint density at radius 1 is 1.37 bits per heavy atom. The summed E-state index contributed by atoms with van der Waals surface area (Å²) >= 11 is 5.02. The molecule has 0 aliphatic carbocycles. The van der Waals surface area contributed by atoms with Crippen molar-refractivity contribution in [2.45, 2.75) is 18.8 Å². The standard InChI is InChI=1S/C14H15BrN2OS/c1-10-16-8-13(19-10)9-17(2)14(18)12-5-3-11(7-15)4-6-12/h3-6,8H,7,9H2,1-2H3. The highest BCUT2D eigenvalue weighted by Crippen LogP contribution is 2.15. The van der Waals surface area contributed by atoms with Crippen LogP contribution in [0.5, 0.6) is 0 Å². The second kappa shape index (κ2) is 6.30. The van der Waals surface area contributed by atoms with Crippen LogP contribution in [0.2, 0.25) is 0 Å². The molecule has 2 aromatic rings. The third kappa shape index (κ3) is 3.64. The molecule has 5 heteroatoms. The van der Waals surface area contributed by atoms with Crippen LogP contribution in [0, 0.1) is 6.92 Å². The Morgan fingerprint density at radius 3 is 2.58 bits per heavy atom. The van der Waals surface area contributed by atoms with Crippen LogP contribution < -0.4 is 0 Å². The van der Waals surface area contributed by atoms with Gasteiger partial charge >= 0.3 is 0 Å². The summed E-state index contributed by atoms with van der Waals surface area (Å²) in [4.78, 5) is 19.3. The van der Waals surface area contributed by atoms with Gasteiger partial charge in [-0.05, 0) is 24.6 Å².